The summed E-state index contributed by atoms with van der Waals surface area (Å²) in [6.45, 7) is 6.58. The molecule has 2 unspecified atom stereocenters. The molecule has 2 atom stereocenters. The first-order valence-corrected chi connectivity index (χ1v) is 10.3. The number of carbonyl (C=O) groups excluding carboxylic acids is 3. The molecule has 1 rings (SSSR count). The lowest BCUT2D eigenvalue weighted by atomic mass is 9.98. The van der Waals surface area contributed by atoms with Crippen LogP contribution >= 0.6 is 0 Å². The fourth-order valence-electron chi connectivity index (χ4n) is 2.82. The number of ether oxygens (including phenoxy) is 1. The Morgan fingerprint density at radius 2 is 1.88 bits per heavy atom. The summed E-state index contributed by atoms with van der Waals surface area (Å²) in [5.41, 5.74) is -0.0760. The minimum absolute atomic E-state index is 0.351. The van der Waals surface area contributed by atoms with Gasteiger partial charge >= 0.3 is 6.09 Å². The van der Waals surface area contributed by atoms with Gasteiger partial charge in [-0.05, 0) is 33.3 Å². The molecule has 172 valence electrons. The van der Waals surface area contributed by atoms with E-state index in [2.05, 4.69) is 22.6 Å². The molecule has 3 N–H and O–H groups in total. The van der Waals surface area contributed by atoms with E-state index in [1.54, 1.807) is 45.0 Å². The van der Waals surface area contributed by atoms with Crippen LogP contribution in [0, 0.1) is 24.8 Å². The van der Waals surface area contributed by atoms with Crippen molar-refractivity contribution >= 4 is 17.9 Å². The van der Waals surface area contributed by atoms with Gasteiger partial charge in [0.05, 0.1) is 6.61 Å². The van der Waals surface area contributed by atoms with E-state index in [-0.39, 0.29) is 0 Å². The van der Waals surface area contributed by atoms with E-state index in [0.717, 1.165) is 17.7 Å². The van der Waals surface area contributed by atoms with Gasteiger partial charge in [-0.1, -0.05) is 43.9 Å². The third-order valence-electron chi connectivity index (χ3n) is 4.30. The third-order valence-corrected chi connectivity index (χ3v) is 4.30. The molecule has 0 radical (unpaired) electrons. The first-order valence-electron chi connectivity index (χ1n) is 10.3. The number of terminal acetylenes is 2. The van der Waals surface area contributed by atoms with E-state index in [4.69, 9.17) is 17.6 Å². The Bertz CT molecular complexity index is 892. The number of aliphatic hydroxyl groups is 1. The van der Waals surface area contributed by atoms with Crippen molar-refractivity contribution in [3.05, 3.63) is 35.4 Å². The van der Waals surface area contributed by atoms with Crippen molar-refractivity contribution < 1.29 is 24.2 Å². The van der Waals surface area contributed by atoms with E-state index in [1.165, 1.54) is 0 Å². The number of benzene rings is 1. The Labute approximate surface area is 189 Å². The molecule has 3 amide bonds. The maximum Gasteiger partial charge on any atom is 0.408 e. The van der Waals surface area contributed by atoms with E-state index in [9.17, 15) is 19.5 Å². The van der Waals surface area contributed by atoms with Gasteiger partial charge < -0.3 is 20.5 Å². The van der Waals surface area contributed by atoms with Crippen LogP contribution in [0.15, 0.2) is 24.3 Å². The Balaban J connectivity index is 3.31. The molecule has 0 heterocycles. The van der Waals surface area contributed by atoms with E-state index < -0.39 is 42.2 Å². The SMILES string of the molecule is C#Cc1ccccc1C(C(=O)NCCCC)N(C#C)C(=O)C(CO)NC(=O)OC(C)(C)C. The molecule has 0 saturated heterocycles. The molecule has 0 aliphatic rings. The fraction of sp³-hybridized carbons (Fsp3) is 0.458. The van der Waals surface area contributed by atoms with Gasteiger partial charge in [0, 0.05) is 23.7 Å². The van der Waals surface area contributed by atoms with Crippen LogP contribution in [0.1, 0.15) is 57.7 Å². The summed E-state index contributed by atoms with van der Waals surface area (Å²) in [5.74, 6) is 1.11. The molecule has 0 fully saturated rings. The zero-order valence-corrected chi connectivity index (χ0v) is 19.0. The van der Waals surface area contributed by atoms with Gasteiger partial charge in [-0.2, -0.15) is 0 Å². The van der Waals surface area contributed by atoms with Gasteiger partial charge in [0.1, 0.15) is 17.7 Å². The maximum absolute atomic E-state index is 13.2. The quantitative estimate of drug-likeness (QED) is 0.308. The number of aliphatic hydroxyl groups excluding tert-OH is 1. The number of rotatable bonds is 9. The molecule has 0 saturated carbocycles. The number of carbonyl (C=O) groups is 3. The number of alkyl carbamates (subject to hydrolysis) is 1. The van der Waals surface area contributed by atoms with Gasteiger partial charge in [0.25, 0.3) is 5.91 Å². The highest BCUT2D eigenvalue weighted by atomic mass is 16.6. The Hall–Kier alpha value is -3.49. The molecule has 1 aromatic carbocycles. The van der Waals surface area contributed by atoms with Gasteiger partial charge in [0.2, 0.25) is 5.91 Å². The minimum Gasteiger partial charge on any atom is -0.444 e. The average molecular weight is 442 g/mol. The van der Waals surface area contributed by atoms with Gasteiger partial charge in [-0.3, -0.25) is 14.5 Å². The third kappa shape index (κ3) is 7.64. The number of hydrogen-bond acceptors (Lipinski definition) is 5. The second kappa shape index (κ2) is 12.4. The molecule has 0 bridgehead atoms. The van der Waals surface area contributed by atoms with Crippen molar-refractivity contribution in [1.29, 1.82) is 0 Å². The minimum atomic E-state index is -1.43. The lowest BCUT2D eigenvalue weighted by molar-refractivity contribution is -0.139. The summed E-state index contributed by atoms with van der Waals surface area (Å²) < 4.78 is 5.14. The Morgan fingerprint density at radius 1 is 1.22 bits per heavy atom. The standard InChI is InChI=1S/C24H31N3O5/c1-7-10-15-25-21(29)20(18-14-12-11-13-17(18)8-2)27(9-3)22(30)19(16-28)26-23(31)32-24(4,5)6/h2-3,11-14,19-20,28H,7,10,15-16H2,1,4-6H3,(H,25,29)(H,26,31). The monoisotopic (exact) mass is 441 g/mol. The lowest BCUT2D eigenvalue weighted by Crippen LogP contribution is -2.53. The highest BCUT2D eigenvalue weighted by Crippen LogP contribution is 2.25. The normalized spacial score (nSPS) is 12.5. The molecule has 0 spiro atoms. The van der Waals surface area contributed by atoms with Crippen LogP contribution in [0.4, 0.5) is 4.79 Å². The first-order chi connectivity index (χ1) is 15.1. The van der Waals surface area contributed by atoms with E-state index in [0.29, 0.717) is 17.7 Å². The second-order valence-corrected chi connectivity index (χ2v) is 8.00. The zero-order valence-electron chi connectivity index (χ0n) is 19.0. The topological polar surface area (TPSA) is 108 Å². The van der Waals surface area contributed by atoms with Crippen LogP contribution in [0.25, 0.3) is 0 Å². The highest BCUT2D eigenvalue weighted by molar-refractivity contribution is 5.93. The predicted molar refractivity (Wildman–Crippen MR) is 121 cm³/mol. The maximum atomic E-state index is 13.2. The molecular formula is C24H31N3O5. The van der Waals surface area contributed by atoms with Crippen LogP contribution in [0.3, 0.4) is 0 Å². The van der Waals surface area contributed by atoms with Crippen molar-refractivity contribution in [1.82, 2.24) is 15.5 Å². The fourth-order valence-corrected chi connectivity index (χ4v) is 2.82. The second-order valence-electron chi connectivity index (χ2n) is 8.00. The molecule has 8 nitrogen and oxygen atoms in total. The van der Waals surface area contributed by atoms with Crippen molar-refractivity contribution in [2.45, 2.75) is 58.2 Å². The number of nitrogens with one attached hydrogen (secondary N) is 2. The van der Waals surface area contributed by atoms with E-state index in [1.807, 2.05) is 6.92 Å². The van der Waals surface area contributed by atoms with Crippen LogP contribution < -0.4 is 10.6 Å². The average Bonchev–Trinajstić information content (AvgIpc) is 2.74. The smallest absolute Gasteiger partial charge is 0.408 e. The molecule has 1 aromatic rings. The summed E-state index contributed by atoms with van der Waals surface area (Å²) in [4.78, 5) is 39.2. The summed E-state index contributed by atoms with van der Waals surface area (Å²) in [7, 11) is 0. The van der Waals surface area contributed by atoms with Crippen LogP contribution in [-0.4, -0.2) is 52.7 Å². The van der Waals surface area contributed by atoms with Crippen molar-refractivity contribution in [2.24, 2.45) is 0 Å². The summed E-state index contributed by atoms with van der Waals surface area (Å²) in [6, 6.07) is 6.13. The molecule has 32 heavy (non-hydrogen) atoms. The number of nitrogens with zero attached hydrogens (tertiary/aromatic N) is 1. The predicted octanol–water partition coefficient (Wildman–Crippen LogP) is 1.93. The summed E-state index contributed by atoms with van der Waals surface area (Å²) in [6.07, 6.45) is 11.9. The molecule has 0 aromatic heterocycles. The number of amides is 3. The lowest BCUT2D eigenvalue weighted by Gasteiger charge is -2.30. The van der Waals surface area contributed by atoms with Crippen molar-refractivity contribution in [2.75, 3.05) is 13.2 Å². The van der Waals surface area contributed by atoms with Crippen LogP contribution in [0.5, 0.6) is 0 Å². The van der Waals surface area contributed by atoms with Crippen molar-refractivity contribution in [3.63, 3.8) is 0 Å². The van der Waals surface area contributed by atoms with Gasteiger partial charge in [0.15, 0.2) is 0 Å². The summed E-state index contributed by atoms with van der Waals surface area (Å²) in [5, 5.41) is 14.8. The molecule has 8 heteroatoms. The molecular weight excluding hydrogens is 410 g/mol. The zero-order chi connectivity index (χ0) is 24.3. The van der Waals surface area contributed by atoms with Gasteiger partial charge in [-0.15, -0.1) is 6.42 Å². The first kappa shape index (κ1) is 26.5. The van der Waals surface area contributed by atoms with Crippen LogP contribution in [-0.2, 0) is 14.3 Å². The molecule has 0 aliphatic carbocycles. The van der Waals surface area contributed by atoms with E-state index >= 15 is 0 Å². The Morgan fingerprint density at radius 3 is 2.41 bits per heavy atom. The van der Waals surface area contributed by atoms with Crippen LogP contribution in [0.2, 0.25) is 0 Å². The molecule has 0 aliphatic heterocycles. The number of hydrogen-bond donors (Lipinski definition) is 3. The van der Waals surface area contributed by atoms with Gasteiger partial charge in [-0.25, -0.2) is 4.79 Å². The van der Waals surface area contributed by atoms with Crippen molar-refractivity contribution in [3.8, 4) is 24.8 Å². The largest absolute Gasteiger partial charge is 0.444 e. The highest BCUT2D eigenvalue weighted by Gasteiger charge is 2.36. The summed E-state index contributed by atoms with van der Waals surface area (Å²) >= 11 is 0. The number of unbranched alkanes of at least 4 members (excludes halogenated alkanes) is 1. The Kier molecular flexibility index (Phi) is 10.3.